The Bertz CT molecular complexity index is 674. The van der Waals surface area contributed by atoms with Gasteiger partial charge in [-0.25, -0.2) is 0 Å². The Morgan fingerprint density at radius 2 is 2.04 bits per heavy atom. The number of nitrogens with one attached hydrogen (secondary N) is 2. The van der Waals surface area contributed by atoms with Crippen molar-refractivity contribution in [2.75, 3.05) is 52.5 Å². The molecule has 1 aliphatic heterocycles. The van der Waals surface area contributed by atoms with Crippen molar-refractivity contribution in [3.63, 3.8) is 0 Å². The highest BCUT2D eigenvalue weighted by molar-refractivity contribution is 5.80. The Morgan fingerprint density at radius 3 is 2.74 bits per heavy atom. The first kappa shape index (κ1) is 21.1. The lowest BCUT2D eigenvalue weighted by Gasteiger charge is -2.25. The number of aliphatic imine (C=N–C) groups is 1. The van der Waals surface area contributed by atoms with Gasteiger partial charge in [-0.15, -0.1) is 0 Å². The van der Waals surface area contributed by atoms with Gasteiger partial charge >= 0.3 is 6.18 Å². The van der Waals surface area contributed by atoms with Crippen molar-refractivity contribution < 1.29 is 17.9 Å². The molecule has 1 saturated heterocycles. The number of alkyl halides is 3. The fourth-order valence-corrected chi connectivity index (χ4v) is 2.52. The number of nitrogens with zero attached hydrogens (tertiary/aromatic N) is 2. The highest BCUT2D eigenvalue weighted by Gasteiger charge is 2.30. The molecule has 1 aliphatic rings. The van der Waals surface area contributed by atoms with Crippen LogP contribution in [0.15, 0.2) is 29.3 Å². The maximum absolute atomic E-state index is 12.7. The van der Waals surface area contributed by atoms with Gasteiger partial charge in [-0.2, -0.15) is 13.2 Å². The molecule has 0 radical (unpaired) electrons. The largest absolute Gasteiger partial charge is 0.416 e. The molecule has 1 aromatic rings. The van der Waals surface area contributed by atoms with Gasteiger partial charge in [-0.1, -0.05) is 17.9 Å². The van der Waals surface area contributed by atoms with Crippen LogP contribution < -0.4 is 10.6 Å². The van der Waals surface area contributed by atoms with Gasteiger partial charge < -0.3 is 15.4 Å². The minimum absolute atomic E-state index is 0.291. The number of guanidine groups is 1. The van der Waals surface area contributed by atoms with Crippen LogP contribution in [0.2, 0.25) is 0 Å². The zero-order chi connectivity index (χ0) is 19.5. The summed E-state index contributed by atoms with van der Waals surface area (Å²) in [7, 11) is 0. The van der Waals surface area contributed by atoms with Crippen LogP contribution in [0.4, 0.5) is 13.2 Å². The number of benzene rings is 1. The third-order valence-corrected chi connectivity index (χ3v) is 3.90. The molecule has 5 nitrogen and oxygen atoms in total. The normalized spacial score (nSPS) is 15.8. The van der Waals surface area contributed by atoms with Crippen LogP contribution in [0.1, 0.15) is 18.1 Å². The van der Waals surface area contributed by atoms with Crippen molar-refractivity contribution in [3.05, 3.63) is 35.4 Å². The third-order valence-electron chi connectivity index (χ3n) is 3.90. The number of rotatable bonds is 5. The maximum Gasteiger partial charge on any atom is 0.416 e. The molecule has 1 heterocycles. The van der Waals surface area contributed by atoms with Gasteiger partial charge in [0.15, 0.2) is 5.96 Å². The predicted octanol–water partition coefficient (Wildman–Crippen LogP) is 1.94. The second-order valence-electron chi connectivity index (χ2n) is 5.95. The van der Waals surface area contributed by atoms with Gasteiger partial charge in [-0.05, 0) is 25.1 Å². The number of hydrogen-bond acceptors (Lipinski definition) is 3. The molecule has 1 aromatic carbocycles. The van der Waals surface area contributed by atoms with Crippen molar-refractivity contribution >= 4 is 5.96 Å². The van der Waals surface area contributed by atoms with E-state index in [9.17, 15) is 13.2 Å². The zero-order valence-electron chi connectivity index (χ0n) is 15.4. The molecule has 1 fully saturated rings. The molecule has 0 aliphatic carbocycles. The minimum Gasteiger partial charge on any atom is -0.379 e. The van der Waals surface area contributed by atoms with Crippen LogP contribution in [0.5, 0.6) is 0 Å². The van der Waals surface area contributed by atoms with Crippen molar-refractivity contribution in [1.29, 1.82) is 0 Å². The molecule has 8 heteroatoms. The van der Waals surface area contributed by atoms with Crippen molar-refractivity contribution in [1.82, 2.24) is 15.5 Å². The first-order chi connectivity index (χ1) is 13.0. The standard InChI is InChI=1S/C19H25F3N4O/c1-2-23-18(25-9-10-26-11-13-27-14-12-26)24-8-4-6-16-5-3-7-17(15-16)19(20,21)22/h3,5,7,15H,2,8-14H2,1H3,(H2,23,24,25). The van der Waals surface area contributed by atoms with Crippen LogP contribution in [0.3, 0.4) is 0 Å². The van der Waals surface area contributed by atoms with Crippen LogP contribution in [0.25, 0.3) is 0 Å². The monoisotopic (exact) mass is 382 g/mol. The van der Waals surface area contributed by atoms with E-state index in [0.29, 0.717) is 31.2 Å². The topological polar surface area (TPSA) is 48.9 Å². The van der Waals surface area contributed by atoms with E-state index in [0.717, 1.165) is 45.0 Å². The highest BCUT2D eigenvalue weighted by atomic mass is 19.4. The van der Waals surface area contributed by atoms with Gasteiger partial charge in [0.05, 0.1) is 31.9 Å². The molecule has 0 bridgehead atoms. The van der Waals surface area contributed by atoms with E-state index in [-0.39, 0.29) is 0 Å². The summed E-state index contributed by atoms with van der Waals surface area (Å²) >= 11 is 0. The summed E-state index contributed by atoms with van der Waals surface area (Å²) in [5.74, 6) is 6.22. The van der Waals surface area contributed by atoms with E-state index >= 15 is 0 Å². The van der Waals surface area contributed by atoms with E-state index in [2.05, 4.69) is 32.4 Å². The zero-order valence-corrected chi connectivity index (χ0v) is 15.4. The quantitative estimate of drug-likeness (QED) is 0.464. The van der Waals surface area contributed by atoms with Gasteiger partial charge in [0.25, 0.3) is 0 Å². The fourth-order valence-electron chi connectivity index (χ4n) is 2.52. The molecule has 2 rings (SSSR count). The van der Waals surface area contributed by atoms with Gasteiger partial charge in [0.2, 0.25) is 0 Å². The summed E-state index contributed by atoms with van der Waals surface area (Å²) in [6.45, 7) is 7.83. The van der Waals surface area contributed by atoms with Crippen LogP contribution in [-0.2, 0) is 10.9 Å². The summed E-state index contributed by atoms with van der Waals surface area (Å²) < 4.78 is 43.4. The molecule has 2 N–H and O–H groups in total. The molecule has 0 unspecified atom stereocenters. The third kappa shape index (κ3) is 7.89. The molecule has 27 heavy (non-hydrogen) atoms. The number of halogens is 3. The SMILES string of the molecule is CCNC(=NCCN1CCOCC1)NCC#Cc1cccc(C(F)(F)F)c1. The van der Waals surface area contributed by atoms with Gasteiger partial charge in [0, 0.05) is 31.7 Å². The first-order valence-corrected chi connectivity index (χ1v) is 8.97. The maximum atomic E-state index is 12.7. The van der Waals surface area contributed by atoms with Gasteiger partial charge in [-0.3, -0.25) is 9.89 Å². The van der Waals surface area contributed by atoms with E-state index in [4.69, 9.17) is 4.74 Å². The number of ether oxygens (including phenoxy) is 1. The molecule has 148 valence electrons. The van der Waals surface area contributed by atoms with Crippen LogP contribution >= 0.6 is 0 Å². The lowest BCUT2D eigenvalue weighted by Crippen LogP contribution is -2.40. The fraction of sp³-hybridized carbons (Fsp3) is 0.526. The molecular formula is C19H25F3N4O. The van der Waals surface area contributed by atoms with Crippen molar-refractivity contribution in [3.8, 4) is 11.8 Å². The molecule has 0 spiro atoms. The summed E-state index contributed by atoms with van der Waals surface area (Å²) in [5.41, 5.74) is -0.360. The highest BCUT2D eigenvalue weighted by Crippen LogP contribution is 2.29. The number of morpholine rings is 1. The Kier molecular flexibility index (Phi) is 8.43. The summed E-state index contributed by atoms with van der Waals surface area (Å²) in [5, 5.41) is 6.20. The van der Waals surface area contributed by atoms with Gasteiger partial charge in [0.1, 0.15) is 0 Å². The lowest BCUT2D eigenvalue weighted by atomic mass is 10.1. The Balaban J connectivity index is 1.83. The van der Waals surface area contributed by atoms with Crippen molar-refractivity contribution in [2.45, 2.75) is 13.1 Å². The lowest BCUT2D eigenvalue weighted by molar-refractivity contribution is -0.137. The molecular weight excluding hydrogens is 357 g/mol. The summed E-state index contributed by atoms with van der Waals surface area (Å²) in [6, 6.07) is 5.00. The van der Waals surface area contributed by atoms with E-state index < -0.39 is 11.7 Å². The second kappa shape index (κ2) is 10.8. The average Bonchev–Trinajstić information content (AvgIpc) is 2.65. The molecule has 0 amide bonds. The van der Waals surface area contributed by atoms with Crippen molar-refractivity contribution in [2.24, 2.45) is 4.99 Å². The Labute approximate surface area is 158 Å². The Hall–Kier alpha value is -2.24. The van der Waals surface area contributed by atoms with E-state index in [1.54, 1.807) is 6.07 Å². The predicted molar refractivity (Wildman–Crippen MR) is 99.6 cm³/mol. The molecule has 0 atom stereocenters. The minimum atomic E-state index is -4.36. The molecule has 0 saturated carbocycles. The first-order valence-electron chi connectivity index (χ1n) is 8.97. The summed E-state index contributed by atoms with van der Waals surface area (Å²) in [6.07, 6.45) is -4.36. The second-order valence-corrected chi connectivity index (χ2v) is 5.95. The average molecular weight is 382 g/mol. The smallest absolute Gasteiger partial charge is 0.379 e. The number of hydrogen-bond donors (Lipinski definition) is 2. The van der Waals surface area contributed by atoms with E-state index in [1.807, 2.05) is 6.92 Å². The van der Waals surface area contributed by atoms with E-state index in [1.165, 1.54) is 6.07 Å². The Morgan fingerprint density at radius 1 is 1.26 bits per heavy atom. The molecule has 0 aromatic heterocycles. The van der Waals surface area contributed by atoms with Crippen LogP contribution in [0, 0.1) is 11.8 Å². The van der Waals surface area contributed by atoms with Crippen LogP contribution in [-0.4, -0.2) is 63.3 Å². The summed E-state index contributed by atoms with van der Waals surface area (Å²) in [4.78, 5) is 6.79.